The number of carboxylic acid groups (broad SMARTS) is 1. The molecule has 1 amide bonds. The Balaban J connectivity index is 2.27. The Bertz CT molecular complexity index is 414. The molecular formula is C12H18N2O4. The highest BCUT2D eigenvalue weighted by molar-refractivity contribution is 5.91. The zero-order valence-corrected chi connectivity index (χ0v) is 10.3. The maximum Gasteiger partial charge on any atom is 0.306 e. The van der Waals surface area contributed by atoms with E-state index in [4.69, 9.17) is 15.3 Å². The van der Waals surface area contributed by atoms with Gasteiger partial charge in [0.1, 0.15) is 5.76 Å². The van der Waals surface area contributed by atoms with Crippen molar-refractivity contribution in [1.82, 2.24) is 5.32 Å². The van der Waals surface area contributed by atoms with Crippen LogP contribution in [0.3, 0.4) is 0 Å². The minimum atomic E-state index is -0.819. The van der Waals surface area contributed by atoms with Gasteiger partial charge in [-0.3, -0.25) is 9.59 Å². The standard InChI is InChI=1S/C12H18N2O4/c1-8(12(16)17)3-2-6-14-11(15)10-5-4-9(7-13)18-10/h4-5,8H,2-3,6-7,13H2,1H3,(H,14,15)(H,16,17). The Labute approximate surface area is 105 Å². The monoisotopic (exact) mass is 254 g/mol. The zero-order chi connectivity index (χ0) is 13.5. The average Bonchev–Trinajstić information content (AvgIpc) is 2.82. The Hall–Kier alpha value is -1.82. The zero-order valence-electron chi connectivity index (χ0n) is 10.3. The van der Waals surface area contributed by atoms with Gasteiger partial charge in [0.25, 0.3) is 5.91 Å². The molecule has 6 heteroatoms. The molecule has 0 fully saturated rings. The van der Waals surface area contributed by atoms with Crippen LogP contribution in [0.1, 0.15) is 36.1 Å². The molecule has 0 spiro atoms. The molecule has 100 valence electrons. The van der Waals surface area contributed by atoms with Crippen molar-refractivity contribution in [2.75, 3.05) is 6.54 Å². The van der Waals surface area contributed by atoms with Crippen LogP contribution in [0.2, 0.25) is 0 Å². The number of carbonyl (C=O) groups is 2. The average molecular weight is 254 g/mol. The van der Waals surface area contributed by atoms with Gasteiger partial charge in [0.2, 0.25) is 0 Å². The Kier molecular flexibility index (Phi) is 5.38. The van der Waals surface area contributed by atoms with Gasteiger partial charge >= 0.3 is 5.97 Å². The predicted molar refractivity (Wildman–Crippen MR) is 65.0 cm³/mol. The van der Waals surface area contributed by atoms with Crippen molar-refractivity contribution in [1.29, 1.82) is 0 Å². The van der Waals surface area contributed by atoms with E-state index in [1.807, 2.05) is 0 Å². The second kappa shape index (κ2) is 6.80. The fourth-order valence-corrected chi connectivity index (χ4v) is 1.43. The fraction of sp³-hybridized carbons (Fsp3) is 0.500. The topological polar surface area (TPSA) is 106 Å². The number of hydrogen-bond donors (Lipinski definition) is 3. The maximum absolute atomic E-state index is 11.6. The van der Waals surface area contributed by atoms with Crippen molar-refractivity contribution < 1.29 is 19.1 Å². The van der Waals surface area contributed by atoms with Crippen molar-refractivity contribution >= 4 is 11.9 Å². The van der Waals surface area contributed by atoms with E-state index in [9.17, 15) is 9.59 Å². The van der Waals surface area contributed by atoms with Crippen LogP contribution in [0.15, 0.2) is 16.5 Å². The number of aliphatic carboxylic acids is 1. The highest BCUT2D eigenvalue weighted by Crippen LogP contribution is 2.07. The summed E-state index contributed by atoms with van der Waals surface area (Å²) in [7, 11) is 0. The molecule has 0 aliphatic carbocycles. The third kappa shape index (κ3) is 4.21. The fourth-order valence-electron chi connectivity index (χ4n) is 1.43. The van der Waals surface area contributed by atoms with E-state index in [0.29, 0.717) is 25.1 Å². The number of amides is 1. The lowest BCUT2D eigenvalue weighted by Gasteiger charge is -2.06. The van der Waals surface area contributed by atoms with Crippen molar-refractivity contribution in [3.8, 4) is 0 Å². The smallest absolute Gasteiger partial charge is 0.306 e. The van der Waals surface area contributed by atoms with Crippen molar-refractivity contribution in [3.63, 3.8) is 0 Å². The Morgan fingerprint density at radius 1 is 1.50 bits per heavy atom. The second-order valence-electron chi connectivity index (χ2n) is 4.11. The molecule has 0 bridgehead atoms. The SMILES string of the molecule is CC(CCCNC(=O)c1ccc(CN)o1)C(=O)O. The number of nitrogens with one attached hydrogen (secondary N) is 1. The molecular weight excluding hydrogens is 236 g/mol. The van der Waals surface area contributed by atoms with Crippen molar-refractivity contribution in [2.24, 2.45) is 11.7 Å². The number of hydrogen-bond acceptors (Lipinski definition) is 4. The summed E-state index contributed by atoms with van der Waals surface area (Å²) < 4.78 is 5.18. The molecule has 1 aromatic heterocycles. The summed E-state index contributed by atoms with van der Waals surface area (Å²) in [5.41, 5.74) is 5.37. The van der Waals surface area contributed by atoms with E-state index in [0.717, 1.165) is 0 Å². The third-order valence-corrected chi connectivity index (χ3v) is 2.61. The first-order valence-electron chi connectivity index (χ1n) is 5.84. The summed E-state index contributed by atoms with van der Waals surface area (Å²) in [5.74, 6) is -0.742. The van der Waals surface area contributed by atoms with Crippen LogP contribution in [-0.2, 0) is 11.3 Å². The van der Waals surface area contributed by atoms with E-state index in [-0.39, 0.29) is 18.2 Å². The molecule has 0 aliphatic rings. The first-order valence-corrected chi connectivity index (χ1v) is 5.84. The lowest BCUT2D eigenvalue weighted by molar-refractivity contribution is -0.141. The molecule has 1 atom stereocenters. The summed E-state index contributed by atoms with van der Waals surface area (Å²) in [6.45, 7) is 2.32. The van der Waals surface area contributed by atoms with Crippen LogP contribution < -0.4 is 11.1 Å². The van der Waals surface area contributed by atoms with Crippen LogP contribution in [-0.4, -0.2) is 23.5 Å². The molecule has 6 nitrogen and oxygen atoms in total. The molecule has 1 unspecified atom stereocenters. The van der Waals surface area contributed by atoms with Crippen LogP contribution in [0.4, 0.5) is 0 Å². The molecule has 0 aromatic carbocycles. The third-order valence-electron chi connectivity index (χ3n) is 2.61. The van der Waals surface area contributed by atoms with Gasteiger partial charge in [0.05, 0.1) is 12.5 Å². The van der Waals surface area contributed by atoms with Crippen LogP contribution >= 0.6 is 0 Å². The van der Waals surface area contributed by atoms with E-state index in [2.05, 4.69) is 5.32 Å². The minimum absolute atomic E-state index is 0.224. The first kappa shape index (κ1) is 14.2. The molecule has 1 aromatic rings. The molecule has 0 aliphatic heterocycles. The van der Waals surface area contributed by atoms with Gasteiger partial charge in [-0.05, 0) is 25.0 Å². The van der Waals surface area contributed by atoms with Crippen LogP contribution in [0.5, 0.6) is 0 Å². The Morgan fingerprint density at radius 2 is 2.22 bits per heavy atom. The maximum atomic E-state index is 11.6. The van der Waals surface area contributed by atoms with Crippen molar-refractivity contribution in [2.45, 2.75) is 26.3 Å². The van der Waals surface area contributed by atoms with E-state index >= 15 is 0 Å². The van der Waals surface area contributed by atoms with E-state index in [1.54, 1.807) is 19.1 Å². The first-order chi connectivity index (χ1) is 8.54. The number of furan rings is 1. The highest BCUT2D eigenvalue weighted by atomic mass is 16.4. The molecule has 4 N–H and O–H groups in total. The molecule has 1 heterocycles. The number of nitrogens with two attached hydrogens (primary N) is 1. The van der Waals surface area contributed by atoms with Crippen LogP contribution in [0, 0.1) is 5.92 Å². The number of carboxylic acids is 1. The highest BCUT2D eigenvalue weighted by Gasteiger charge is 2.12. The largest absolute Gasteiger partial charge is 0.481 e. The molecule has 0 radical (unpaired) electrons. The summed E-state index contributed by atoms with van der Waals surface area (Å²) >= 11 is 0. The lowest BCUT2D eigenvalue weighted by Crippen LogP contribution is -2.24. The van der Waals surface area contributed by atoms with E-state index < -0.39 is 11.9 Å². The summed E-state index contributed by atoms with van der Waals surface area (Å²) in [5, 5.41) is 11.3. The number of carbonyl (C=O) groups excluding carboxylic acids is 1. The van der Waals surface area contributed by atoms with Crippen LogP contribution in [0.25, 0.3) is 0 Å². The quantitative estimate of drug-likeness (QED) is 0.629. The van der Waals surface area contributed by atoms with Crippen molar-refractivity contribution in [3.05, 3.63) is 23.7 Å². The summed E-state index contributed by atoms with van der Waals surface area (Å²) in [6.07, 6.45) is 1.14. The molecule has 1 rings (SSSR count). The van der Waals surface area contributed by atoms with Gasteiger partial charge in [-0.2, -0.15) is 0 Å². The Morgan fingerprint density at radius 3 is 2.78 bits per heavy atom. The predicted octanol–water partition coefficient (Wildman–Crippen LogP) is 0.969. The minimum Gasteiger partial charge on any atom is -0.481 e. The molecule has 0 saturated heterocycles. The van der Waals surface area contributed by atoms with E-state index in [1.165, 1.54) is 0 Å². The second-order valence-corrected chi connectivity index (χ2v) is 4.11. The lowest BCUT2D eigenvalue weighted by atomic mass is 10.1. The number of rotatable bonds is 7. The van der Waals surface area contributed by atoms with Gasteiger partial charge in [-0.15, -0.1) is 0 Å². The summed E-state index contributed by atoms with van der Waals surface area (Å²) in [4.78, 5) is 22.2. The van der Waals surface area contributed by atoms with Gasteiger partial charge in [0.15, 0.2) is 5.76 Å². The van der Waals surface area contributed by atoms with Gasteiger partial charge < -0.3 is 20.6 Å². The van der Waals surface area contributed by atoms with Gasteiger partial charge in [-0.1, -0.05) is 6.92 Å². The van der Waals surface area contributed by atoms with Gasteiger partial charge in [-0.25, -0.2) is 0 Å². The molecule has 0 saturated carbocycles. The van der Waals surface area contributed by atoms with Gasteiger partial charge in [0, 0.05) is 6.54 Å². The normalized spacial score (nSPS) is 12.1. The summed E-state index contributed by atoms with van der Waals surface area (Å²) in [6, 6.07) is 3.22. The molecule has 18 heavy (non-hydrogen) atoms.